The maximum Gasteiger partial charge on any atom is 0.241 e. The SMILES string of the molecule is C[C@@](O)(CN1CC(=O)N(c2ccc(OCCO)cc2)[C@H](c2ccc(Cl)cc2)C1)c1cc(F)cc(F)c1. The monoisotopic (exact) mass is 516 g/mol. The summed E-state index contributed by atoms with van der Waals surface area (Å²) in [6, 6.07) is 16.7. The smallest absolute Gasteiger partial charge is 0.241 e. The number of piperazine rings is 1. The van der Waals surface area contributed by atoms with E-state index < -0.39 is 23.3 Å². The molecule has 0 aliphatic carbocycles. The normalized spacial score (nSPS) is 18.2. The van der Waals surface area contributed by atoms with Crippen LogP contribution in [-0.4, -0.2) is 53.9 Å². The third-order valence-electron chi connectivity index (χ3n) is 6.12. The molecule has 0 aromatic heterocycles. The summed E-state index contributed by atoms with van der Waals surface area (Å²) >= 11 is 6.08. The van der Waals surface area contributed by atoms with Gasteiger partial charge in [0.1, 0.15) is 24.0 Å². The number of aliphatic hydroxyl groups excluding tert-OH is 1. The van der Waals surface area contributed by atoms with Gasteiger partial charge in [-0.25, -0.2) is 8.78 Å². The number of hydrogen-bond donors (Lipinski definition) is 2. The first-order chi connectivity index (χ1) is 17.2. The lowest BCUT2D eigenvalue weighted by molar-refractivity contribution is -0.123. The molecular formula is C27H27ClF2N2O4. The molecule has 2 atom stereocenters. The van der Waals surface area contributed by atoms with E-state index in [9.17, 15) is 18.7 Å². The predicted octanol–water partition coefficient (Wildman–Crippen LogP) is 4.29. The molecule has 0 bridgehead atoms. The van der Waals surface area contributed by atoms with Crippen LogP contribution in [0, 0.1) is 11.6 Å². The van der Waals surface area contributed by atoms with Crippen molar-refractivity contribution < 1.29 is 28.5 Å². The van der Waals surface area contributed by atoms with Crippen LogP contribution in [-0.2, 0) is 10.4 Å². The van der Waals surface area contributed by atoms with Gasteiger partial charge in [0.15, 0.2) is 0 Å². The van der Waals surface area contributed by atoms with Gasteiger partial charge in [0.05, 0.1) is 24.8 Å². The number of anilines is 1. The molecule has 1 saturated heterocycles. The van der Waals surface area contributed by atoms with Crippen LogP contribution in [0.3, 0.4) is 0 Å². The van der Waals surface area contributed by atoms with Gasteiger partial charge in [0.25, 0.3) is 0 Å². The van der Waals surface area contributed by atoms with E-state index in [1.54, 1.807) is 46.2 Å². The molecule has 0 radical (unpaired) electrons. The van der Waals surface area contributed by atoms with Crippen LogP contribution in [0.2, 0.25) is 5.02 Å². The van der Waals surface area contributed by atoms with Crippen LogP contribution in [0.5, 0.6) is 5.75 Å². The second-order valence-corrected chi connectivity index (χ2v) is 9.44. The zero-order chi connectivity index (χ0) is 25.9. The van der Waals surface area contributed by atoms with E-state index in [1.165, 1.54) is 6.92 Å². The van der Waals surface area contributed by atoms with E-state index in [0.29, 0.717) is 23.0 Å². The van der Waals surface area contributed by atoms with Gasteiger partial charge in [0.2, 0.25) is 5.91 Å². The Kier molecular flexibility index (Phi) is 7.90. The van der Waals surface area contributed by atoms with Crippen LogP contribution in [0.1, 0.15) is 24.1 Å². The van der Waals surface area contributed by atoms with Crippen molar-refractivity contribution in [3.63, 3.8) is 0 Å². The first kappa shape index (κ1) is 26.0. The Labute approximate surface area is 213 Å². The molecule has 2 N–H and O–H groups in total. The zero-order valence-corrected chi connectivity index (χ0v) is 20.5. The molecule has 3 aromatic rings. The second-order valence-electron chi connectivity index (χ2n) is 9.00. The molecule has 9 heteroatoms. The number of ether oxygens (including phenoxy) is 1. The first-order valence-electron chi connectivity index (χ1n) is 11.5. The number of amides is 1. The Morgan fingerprint density at radius 2 is 1.69 bits per heavy atom. The van der Waals surface area contributed by atoms with E-state index in [1.807, 2.05) is 12.1 Å². The molecule has 6 nitrogen and oxygen atoms in total. The molecule has 1 aliphatic rings. The lowest BCUT2D eigenvalue weighted by Gasteiger charge is -2.43. The Hall–Kier alpha value is -3.04. The van der Waals surface area contributed by atoms with Gasteiger partial charge in [-0.1, -0.05) is 23.7 Å². The van der Waals surface area contributed by atoms with Crippen LogP contribution < -0.4 is 9.64 Å². The number of hydrogen-bond acceptors (Lipinski definition) is 5. The summed E-state index contributed by atoms with van der Waals surface area (Å²) in [5, 5.41) is 20.6. The minimum atomic E-state index is -1.60. The van der Waals surface area contributed by atoms with E-state index in [0.717, 1.165) is 23.8 Å². The maximum atomic E-state index is 13.8. The summed E-state index contributed by atoms with van der Waals surface area (Å²) < 4.78 is 33.0. The highest BCUT2D eigenvalue weighted by Crippen LogP contribution is 2.34. The summed E-state index contributed by atoms with van der Waals surface area (Å²) in [5.41, 5.74) is 0.00236. The molecule has 4 rings (SSSR count). The van der Waals surface area contributed by atoms with E-state index in [-0.39, 0.29) is 37.8 Å². The van der Waals surface area contributed by atoms with E-state index >= 15 is 0 Å². The molecule has 0 spiro atoms. The molecule has 1 amide bonds. The van der Waals surface area contributed by atoms with Gasteiger partial charge < -0.3 is 19.8 Å². The third kappa shape index (κ3) is 6.02. The lowest BCUT2D eigenvalue weighted by atomic mass is 9.93. The summed E-state index contributed by atoms with van der Waals surface area (Å²) in [4.78, 5) is 16.9. The van der Waals surface area contributed by atoms with Gasteiger partial charge in [-0.2, -0.15) is 0 Å². The molecule has 190 valence electrons. The lowest BCUT2D eigenvalue weighted by Crippen LogP contribution is -2.55. The maximum absolute atomic E-state index is 13.8. The van der Waals surface area contributed by atoms with Crippen molar-refractivity contribution in [1.82, 2.24) is 4.90 Å². The number of halogens is 3. The Balaban J connectivity index is 1.62. The Morgan fingerprint density at radius 3 is 2.31 bits per heavy atom. The zero-order valence-electron chi connectivity index (χ0n) is 19.7. The molecular weight excluding hydrogens is 490 g/mol. The fraction of sp³-hybridized carbons (Fsp3) is 0.296. The summed E-state index contributed by atoms with van der Waals surface area (Å²) in [7, 11) is 0. The highest BCUT2D eigenvalue weighted by Gasteiger charge is 2.38. The molecule has 1 aliphatic heterocycles. The summed E-state index contributed by atoms with van der Waals surface area (Å²) in [6.07, 6.45) is 0. The first-order valence-corrected chi connectivity index (χ1v) is 11.9. The molecule has 36 heavy (non-hydrogen) atoms. The Bertz CT molecular complexity index is 1190. The number of nitrogens with zero attached hydrogens (tertiary/aromatic N) is 2. The fourth-order valence-electron chi connectivity index (χ4n) is 4.47. The number of benzene rings is 3. The van der Waals surface area contributed by atoms with Crippen molar-refractivity contribution in [2.45, 2.75) is 18.6 Å². The van der Waals surface area contributed by atoms with Gasteiger partial charge in [-0.15, -0.1) is 0 Å². The minimum Gasteiger partial charge on any atom is -0.491 e. The second kappa shape index (κ2) is 10.9. The molecule has 1 fully saturated rings. The molecule has 1 heterocycles. The number of β-amino-alcohol motifs (C(OH)–C–C–N with tert-alkyl or cyclic N) is 1. The number of aliphatic hydroxyl groups is 2. The standard InChI is InChI=1S/C27H27ClF2N2O4/c1-27(35,19-12-21(29)14-22(30)13-19)17-31-15-25(18-2-4-20(28)5-3-18)32(26(34)16-31)23-6-8-24(9-7-23)36-11-10-33/h2-9,12-14,25,33,35H,10-11,15-17H2,1H3/t25-,27+/m0/s1. The van der Waals surface area contributed by atoms with Crippen molar-refractivity contribution in [2.75, 3.05) is 37.7 Å². The van der Waals surface area contributed by atoms with Crippen LogP contribution in [0.15, 0.2) is 66.7 Å². The highest BCUT2D eigenvalue weighted by molar-refractivity contribution is 6.30. The van der Waals surface area contributed by atoms with Crippen molar-refractivity contribution >= 4 is 23.2 Å². The van der Waals surface area contributed by atoms with Crippen LogP contribution in [0.25, 0.3) is 0 Å². The minimum absolute atomic E-state index is 0.000795. The predicted molar refractivity (Wildman–Crippen MR) is 133 cm³/mol. The van der Waals surface area contributed by atoms with E-state index in [4.69, 9.17) is 21.4 Å². The molecule has 0 unspecified atom stereocenters. The quantitative estimate of drug-likeness (QED) is 0.467. The number of carbonyl (C=O) groups is 1. The average molecular weight is 517 g/mol. The van der Waals surface area contributed by atoms with Crippen molar-refractivity contribution in [3.05, 3.63) is 94.5 Å². The molecule has 0 saturated carbocycles. The largest absolute Gasteiger partial charge is 0.491 e. The van der Waals surface area contributed by atoms with Gasteiger partial charge in [0, 0.05) is 29.9 Å². The molecule has 3 aromatic carbocycles. The van der Waals surface area contributed by atoms with Crippen LogP contribution in [0.4, 0.5) is 14.5 Å². The summed E-state index contributed by atoms with van der Waals surface area (Å²) in [6.45, 7) is 1.89. The highest BCUT2D eigenvalue weighted by atomic mass is 35.5. The van der Waals surface area contributed by atoms with Gasteiger partial charge >= 0.3 is 0 Å². The third-order valence-corrected chi connectivity index (χ3v) is 6.37. The van der Waals surface area contributed by atoms with Gasteiger partial charge in [-0.3, -0.25) is 9.69 Å². The Morgan fingerprint density at radius 1 is 1.06 bits per heavy atom. The summed E-state index contributed by atoms with van der Waals surface area (Å²) in [5.74, 6) is -1.19. The topological polar surface area (TPSA) is 73.2 Å². The van der Waals surface area contributed by atoms with Crippen molar-refractivity contribution in [1.29, 1.82) is 0 Å². The van der Waals surface area contributed by atoms with Gasteiger partial charge in [-0.05, 0) is 66.6 Å². The van der Waals surface area contributed by atoms with Crippen molar-refractivity contribution in [2.24, 2.45) is 0 Å². The number of carbonyl (C=O) groups excluding carboxylic acids is 1. The average Bonchev–Trinajstić information content (AvgIpc) is 2.82. The fourth-order valence-corrected chi connectivity index (χ4v) is 4.60. The number of rotatable bonds is 8. The van der Waals surface area contributed by atoms with Crippen molar-refractivity contribution in [3.8, 4) is 5.75 Å². The van der Waals surface area contributed by atoms with E-state index in [2.05, 4.69) is 0 Å². The van der Waals surface area contributed by atoms with Crippen LogP contribution >= 0.6 is 11.6 Å².